The molecule has 0 aliphatic heterocycles. The van der Waals surface area contributed by atoms with Gasteiger partial charge in [-0.05, 0) is 6.92 Å². The van der Waals surface area contributed by atoms with Gasteiger partial charge in [-0.15, -0.1) is 0 Å². The van der Waals surface area contributed by atoms with Gasteiger partial charge in [0.25, 0.3) is 0 Å². The smallest absolute Gasteiger partial charge is 0.413 e. The third-order valence-electron chi connectivity index (χ3n) is 1.24. The van der Waals surface area contributed by atoms with E-state index in [1.807, 2.05) is 0 Å². The van der Waals surface area contributed by atoms with Crippen molar-refractivity contribution in [2.75, 3.05) is 6.61 Å². The Labute approximate surface area is 78.8 Å². The van der Waals surface area contributed by atoms with Crippen LogP contribution in [0.4, 0.5) is 13.2 Å². The van der Waals surface area contributed by atoms with Crippen LogP contribution in [0.5, 0.6) is 0 Å². The van der Waals surface area contributed by atoms with Crippen molar-refractivity contribution in [3.8, 4) is 6.07 Å². The topological polar surface area (TPSA) is 50.1 Å². The van der Waals surface area contributed by atoms with E-state index in [9.17, 15) is 18.0 Å². The number of rotatable bonds is 3. The standard InChI is InChI=1S/C8H8F3NO2/c1-2-14-7(13)5-6(3-4-12)8(9,10)11/h3H,2,5H2,1H3/b6-3-. The second kappa shape index (κ2) is 5.27. The fraction of sp³-hybridized carbons (Fsp3) is 0.500. The molecule has 0 N–H and O–H groups in total. The van der Waals surface area contributed by atoms with E-state index >= 15 is 0 Å². The van der Waals surface area contributed by atoms with Crippen molar-refractivity contribution < 1.29 is 22.7 Å². The van der Waals surface area contributed by atoms with E-state index in [1.165, 1.54) is 13.0 Å². The lowest BCUT2D eigenvalue weighted by Gasteiger charge is -2.09. The van der Waals surface area contributed by atoms with Gasteiger partial charge in [0.1, 0.15) is 0 Å². The number of alkyl halides is 3. The molecule has 0 aromatic heterocycles. The molecule has 6 heteroatoms. The first-order chi connectivity index (χ1) is 6.41. The summed E-state index contributed by atoms with van der Waals surface area (Å²) in [5.41, 5.74) is -1.20. The van der Waals surface area contributed by atoms with Crippen molar-refractivity contribution in [3.63, 3.8) is 0 Å². The number of carbonyl (C=O) groups excluding carboxylic acids is 1. The molecule has 0 rings (SSSR count). The summed E-state index contributed by atoms with van der Waals surface area (Å²) >= 11 is 0. The Morgan fingerprint density at radius 1 is 1.57 bits per heavy atom. The van der Waals surface area contributed by atoms with Crippen LogP contribution < -0.4 is 0 Å². The van der Waals surface area contributed by atoms with Gasteiger partial charge < -0.3 is 4.74 Å². The summed E-state index contributed by atoms with van der Waals surface area (Å²) in [7, 11) is 0. The minimum atomic E-state index is -4.66. The fourth-order valence-electron chi connectivity index (χ4n) is 0.679. The Bertz CT molecular complexity index is 275. The average Bonchev–Trinajstić information content (AvgIpc) is 2.02. The van der Waals surface area contributed by atoms with Gasteiger partial charge in [0, 0.05) is 6.08 Å². The summed E-state index contributed by atoms with van der Waals surface area (Å²) in [5.74, 6) is -0.994. The predicted molar refractivity (Wildman–Crippen MR) is 41.0 cm³/mol. The molecule has 0 bridgehead atoms. The normalized spacial score (nSPS) is 12.1. The second-order valence-electron chi connectivity index (χ2n) is 2.28. The van der Waals surface area contributed by atoms with Gasteiger partial charge in [0.2, 0.25) is 0 Å². The Balaban J connectivity index is 4.51. The molecule has 0 amide bonds. The maximum absolute atomic E-state index is 12.1. The molecule has 14 heavy (non-hydrogen) atoms. The van der Waals surface area contributed by atoms with Gasteiger partial charge in [-0.2, -0.15) is 18.4 Å². The molecule has 78 valence electrons. The number of halogens is 3. The van der Waals surface area contributed by atoms with E-state index in [0.29, 0.717) is 6.08 Å². The maximum Gasteiger partial charge on any atom is 0.413 e. The molecule has 0 aliphatic carbocycles. The Kier molecular flexibility index (Phi) is 4.70. The van der Waals surface area contributed by atoms with Gasteiger partial charge in [-0.25, -0.2) is 0 Å². The molecular weight excluding hydrogens is 199 g/mol. The minimum Gasteiger partial charge on any atom is -0.466 e. The van der Waals surface area contributed by atoms with Crippen LogP contribution in [0.3, 0.4) is 0 Å². The van der Waals surface area contributed by atoms with Crippen LogP contribution in [0, 0.1) is 11.3 Å². The lowest BCUT2D eigenvalue weighted by Crippen LogP contribution is -2.16. The lowest BCUT2D eigenvalue weighted by atomic mass is 10.2. The van der Waals surface area contributed by atoms with E-state index in [0.717, 1.165) is 0 Å². The fourth-order valence-corrected chi connectivity index (χ4v) is 0.679. The van der Waals surface area contributed by atoms with Gasteiger partial charge in [0.05, 0.1) is 24.7 Å². The van der Waals surface area contributed by atoms with Crippen molar-refractivity contribution >= 4 is 5.97 Å². The van der Waals surface area contributed by atoms with Crippen LogP contribution >= 0.6 is 0 Å². The average molecular weight is 207 g/mol. The summed E-state index contributed by atoms with van der Waals surface area (Å²) in [5, 5.41) is 8.06. The second-order valence-corrected chi connectivity index (χ2v) is 2.28. The highest BCUT2D eigenvalue weighted by Crippen LogP contribution is 2.28. The Morgan fingerprint density at radius 3 is 2.50 bits per heavy atom. The molecule has 0 saturated heterocycles. The van der Waals surface area contributed by atoms with Crippen LogP contribution in [0.2, 0.25) is 0 Å². The van der Waals surface area contributed by atoms with Crippen LogP contribution in [0.15, 0.2) is 11.6 Å². The van der Waals surface area contributed by atoms with Crippen LogP contribution in [0.1, 0.15) is 13.3 Å². The molecule has 0 aromatic carbocycles. The first-order valence-corrected chi connectivity index (χ1v) is 3.73. The Hall–Kier alpha value is -1.51. The first-order valence-electron chi connectivity index (χ1n) is 3.73. The molecule has 0 atom stereocenters. The minimum absolute atomic E-state index is 0.0104. The van der Waals surface area contributed by atoms with E-state index in [-0.39, 0.29) is 6.61 Å². The number of nitrogens with zero attached hydrogens (tertiary/aromatic N) is 1. The van der Waals surface area contributed by atoms with Crippen molar-refractivity contribution in [3.05, 3.63) is 11.6 Å². The van der Waals surface area contributed by atoms with Crippen molar-refractivity contribution in [2.24, 2.45) is 0 Å². The maximum atomic E-state index is 12.1. The van der Waals surface area contributed by atoms with Gasteiger partial charge in [-0.1, -0.05) is 0 Å². The van der Waals surface area contributed by atoms with Gasteiger partial charge in [0.15, 0.2) is 0 Å². The zero-order chi connectivity index (χ0) is 11.2. The summed E-state index contributed by atoms with van der Waals surface area (Å²) in [6, 6.07) is 1.23. The van der Waals surface area contributed by atoms with E-state index in [1.54, 1.807) is 0 Å². The first kappa shape index (κ1) is 12.5. The number of hydrogen-bond acceptors (Lipinski definition) is 3. The summed E-state index contributed by atoms with van der Waals surface area (Å²) in [4.78, 5) is 10.7. The number of carbonyl (C=O) groups is 1. The predicted octanol–water partition coefficient (Wildman–Crippen LogP) is 1.95. The molecule has 0 heterocycles. The number of nitriles is 1. The third kappa shape index (κ3) is 4.50. The van der Waals surface area contributed by atoms with Crippen molar-refractivity contribution in [1.82, 2.24) is 0 Å². The summed E-state index contributed by atoms with van der Waals surface area (Å²) < 4.78 is 40.6. The van der Waals surface area contributed by atoms with Crippen LogP contribution in [-0.4, -0.2) is 18.8 Å². The SMILES string of the molecule is CCOC(=O)C/C(=C/C#N)C(F)(F)F. The highest BCUT2D eigenvalue weighted by Gasteiger charge is 2.35. The monoisotopic (exact) mass is 207 g/mol. The van der Waals surface area contributed by atoms with Crippen LogP contribution in [-0.2, 0) is 9.53 Å². The summed E-state index contributed by atoms with van der Waals surface area (Å²) in [6.07, 6.45) is -5.29. The van der Waals surface area contributed by atoms with E-state index in [2.05, 4.69) is 4.74 Å². The van der Waals surface area contributed by atoms with Gasteiger partial charge >= 0.3 is 12.1 Å². The molecule has 0 aliphatic rings. The Morgan fingerprint density at radius 2 is 2.14 bits per heavy atom. The van der Waals surface area contributed by atoms with Crippen molar-refractivity contribution in [2.45, 2.75) is 19.5 Å². The van der Waals surface area contributed by atoms with Crippen LogP contribution in [0.25, 0.3) is 0 Å². The zero-order valence-electron chi connectivity index (χ0n) is 7.39. The molecular formula is C8H8F3NO2. The number of allylic oxidation sites excluding steroid dienone is 1. The molecule has 0 saturated carbocycles. The highest BCUT2D eigenvalue weighted by atomic mass is 19.4. The van der Waals surface area contributed by atoms with Crippen molar-refractivity contribution in [1.29, 1.82) is 5.26 Å². The molecule has 0 spiro atoms. The van der Waals surface area contributed by atoms with E-state index < -0.39 is 24.1 Å². The number of ether oxygens (including phenoxy) is 1. The molecule has 0 unspecified atom stereocenters. The quantitative estimate of drug-likeness (QED) is 0.525. The van der Waals surface area contributed by atoms with E-state index in [4.69, 9.17) is 5.26 Å². The number of hydrogen-bond donors (Lipinski definition) is 0. The lowest BCUT2D eigenvalue weighted by molar-refractivity contribution is -0.145. The molecule has 0 aromatic rings. The highest BCUT2D eigenvalue weighted by molar-refractivity contribution is 5.72. The third-order valence-corrected chi connectivity index (χ3v) is 1.24. The molecule has 0 radical (unpaired) electrons. The zero-order valence-corrected chi connectivity index (χ0v) is 7.39. The molecule has 3 nitrogen and oxygen atoms in total. The largest absolute Gasteiger partial charge is 0.466 e. The van der Waals surface area contributed by atoms with Gasteiger partial charge in [-0.3, -0.25) is 4.79 Å². The summed E-state index contributed by atoms with van der Waals surface area (Å²) in [6.45, 7) is 1.50. The number of esters is 1. The molecule has 0 fully saturated rings.